The fraction of sp³-hybridized carbons (Fsp3) is 0.250. The van der Waals surface area contributed by atoms with Crippen molar-refractivity contribution >= 4 is 0 Å². The molecule has 2 aromatic carbocycles. The molecule has 0 spiro atoms. The predicted molar refractivity (Wildman–Crippen MR) is 76.1 cm³/mol. The summed E-state index contributed by atoms with van der Waals surface area (Å²) in [5.41, 5.74) is 3.61. The Balaban J connectivity index is 0.000000492. The Kier molecular flexibility index (Phi) is 5.95. The van der Waals surface area contributed by atoms with Crippen molar-refractivity contribution in [1.29, 1.82) is 0 Å². The summed E-state index contributed by atoms with van der Waals surface area (Å²) in [6.07, 6.45) is 0. The summed E-state index contributed by atoms with van der Waals surface area (Å²) in [5.74, 6) is 0.920. The van der Waals surface area contributed by atoms with Crippen molar-refractivity contribution in [2.45, 2.75) is 6.92 Å². The Morgan fingerprint density at radius 3 is 2.11 bits per heavy atom. The fourth-order valence-corrected chi connectivity index (χ4v) is 1.70. The Hall–Kier alpha value is -1.80. The van der Waals surface area contributed by atoms with Crippen LogP contribution in [0.1, 0.15) is 5.56 Å². The predicted octanol–water partition coefficient (Wildman–Crippen LogP) is 3.93. The number of hydrogen-bond acceptors (Lipinski definition) is 2. The van der Waals surface area contributed by atoms with Crippen LogP contribution in [0.3, 0.4) is 0 Å². The summed E-state index contributed by atoms with van der Waals surface area (Å²) in [4.78, 5) is 0. The maximum Gasteiger partial charge on any atom is 0.126 e. The van der Waals surface area contributed by atoms with Crippen LogP contribution in [0.4, 0.5) is 0 Å². The van der Waals surface area contributed by atoms with Crippen molar-refractivity contribution in [3.05, 3.63) is 54.1 Å². The monoisotopic (exact) mass is 244 g/mol. The largest absolute Gasteiger partial charge is 0.496 e. The van der Waals surface area contributed by atoms with Crippen molar-refractivity contribution in [1.82, 2.24) is 0 Å². The maximum absolute atomic E-state index is 5.34. The minimum Gasteiger partial charge on any atom is -0.496 e. The van der Waals surface area contributed by atoms with Crippen LogP contribution in [-0.4, -0.2) is 21.3 Å². The molecule has 0 bridgehead atoms. The van der Waals surface area contributed by atoms with E-state index in [0.717, 1.165) is 11.3 Å². The molecule has 0 N–H and O–H groups in total. The summed E-state index contributed by atoms with van der Waals surface area (Å²) in [6.45, 7) is 2.10. The Labute approximate surface area is 109 Å². The molecule has 0 aliphatic carbocycles. The third-order valence-corrected chi connectivity index (χ3v) is 2.44. The third-order valence-electron chi connectivity index (χ3n) is 2.44. The van der Waals surface area contributed by atoms with Gasteiger partial charge in [0.25, 0.3) is 0 Å². The van der Waals surface area contributed by atoms with Gasteiger partial charge in [0.2, 0.25) is 0 Å². The summed E-state index contributed by atoms with van der Waals surface area (Å²) < 4.78 is 9.59. The molecule has 0 saturated carbocycles. The quantitative estimate of drug-likeness (QED) is 0.796. The SMILES string of the molecule is COC.COc1ccccc1-c1cccc(C)c1. The van der Waals surface area contributed by atoms with E-state index in [1.807, 2.05) is 18.2 Å². The molecule has 0 saturated heterocycles. The molecule has 0 heterocycles. The number of para-hydroxylation sites is 1. The number of ether oxygens (including phenoxy) is 2. The highest BCUT2D eigenvalue weighted by Gasteiger charge is 2.03. The molecule has 18 heavy (non-hydrogen) atoms. The van der Waals surface area contributed by atoms with Crippen LogP contribution in [0.25, 0.3) is 11.1 Å². The summed E-state index contributed by atoms with van der Waals surface area (Å²) in [7, 11) is 4.95. The van der Waals surface area contributed by atoms with Gasteiger partial charge in [0.1, 0.15) is 5.75 Å². The molecule has 0 atom stereocenters. The first-order valence-corrected chi connectivity index (χ1v) is 5.83. The average Bonchev–Trinajstić information content (AvgIpc) is 2.39. The zero-order valence-electron chi connectivity index (χ0n) is 11.4. The van der Waals surface area contributed by atoms with Crippen LogP contribution >= 0.6 is 0 Å². The van der Waals surface area contributed by atoms with Crippen LogP contribution < -0.4 is 4.74 Å². The lowest BCUT2D eigenvalue weighted by Gasteiger charge is -2.08. The minimum atomic E-state index is 0.920. The van der Waals surface area contributed by atoms with Crippen molar-refractivity contribution in [3.8, 4) is 16.9 Å². The highest BCUT2D eigenvalue weighted by Crippen LogP contribution is 2.29. The third kappa shape index (κ3) is 3.90. The summed E-state index contributed by atoms with van der Waals surface area (Å²) >= 11 is 0. The van der Waals surface area contributed by atoms with Crippen LogP contribution in [0.2, 0.25) is 0 Å². The second-order valence-corrected chi connectivity index (χ2v) is 3.98. The van der Waals surface area contributed by atoms with Gasteiger partial charge < -0.3 is 9.47 Å². The van der Waals surface area contributed by atoms with Gasteiger partial charge in [0, 0.05) is 19.8 Å². The van der Waals surface area contributed by atoms with Gasteiger partial charge in [-0.2, -0.15) is 0 Å². The van der Waals surface area contributed by atoms with E-state index in [2.05, 4.69) is 42.0 Å². The van der Waals surface area contributed by atoms with Gasteiger partial charge in [0.15, 0.2) is 0 Å². The molecule has 0 unspecified atom stereocenters. The molecule has 2 rings (SSSR count). The van der Waals surface area contributed by atoms with E-state index >= 15 is 0 Å². The molecule has 2 aromatic rings. The lowest BCUT2D eigenvalue weighted by atomic mass is 10.0. The first kappa shape index (κ1) is 14.3. The number of aryl methyl sites for hydroxylation is 1. The van der Waals surface area contributed by atoms with Crippen molar-refractivity contribution in [2.24, 2.45) is 0 Å². The smallest absolute Gasteiger partial charge is 0.126 e. The Morgan fingerprint density at radius 2 is 1.50 bits per heavy atom. The highest BCUT2D eigenvalue weighted by atomic mass is 16.5. The summed E-state index contributed by atoms with van der Waals surface area (Å²) in [6, 6.07) is 16.5. The van der Waals surface area contributed by atoms with Crippen LogP contribution in [0.15, 0.2) is 48.5 Å². The van der Waals surface area contributed by atoms with Crippen molar-refractivity contribution < 1.29 is 9.47 Å². The molecule has 0 radical (unpaired) electrons. The van der Waals surface area contributed by atoms with Crippen LogP contribution in [0, 0.1) is 6.92 Å². The molecule has 0 amide bonds. The van der Waals surface area contributed by atoms with Gasteiger partial charge >= 0.3 is 0 Å². The van der Waals surface area contributed by atoms with E-state index in [4.69, 9.17) is 4.74 Å². The molecule has 0 aromatic heterocycles. The zero-order valence-corrected chi connectivity index (χ0v) is 11.4. The molecule has 96 valence electrons. The first-order valence-electron chi connectivity index (χ1n) is 5.83. The Morgan fingerprint density at radius 1 is 0.833 bits per heavy atom. The molecular formula is C16H20O2. The van der Waals surface area contributed by atoms with E-state index < -0.39 is 0 Å². The normalized spacial score (nSPS) is 9.33. The highest BCUT2D eigenvalue weighted by molar-refractivity contribution is 5.70. The van der Waals surface area contributed by atoms with Gasteiger partial charge in [0.05, 0.1) is 7.11 Å². The number of methoxy groups -OCH3 is 2. The van der Waals surface area contributed by atoms with Crippen molar-refractivity contribution in [3.63, 3.8) is 0 Å². The Bertz CT molecular complexity index is 478. The topological polar surface area (TPSA) is 18.5 Å². The molecular weight excluding hydrogens is 224 g/mol. The standard InChI is InChI=1S/C14H14O.C2H6O/c1-11-6-5-7-12(10-11)13-8-3-4-9-14(13)15-2;1-3-2/h3-10H,1-2H3;1-2H3. The second kappa shape index (κ2) is 7.51. The number of benzene rings is 2. The van der Waals surface area contributed by atoms with Gasteiger partial charge in [-0.15, -0.1) is 0 Å². The lowest BCUT2D eigenvalue weighted by molar-refractivity contribution is 0.277. The number of hydrogen-bond donors (Lipinski definition) is 0. The minimum absolute atomic E-state index is 0.920. The maximum atomic E-state index is 5.34. The van der Waals surface area contributed by atoms with Crippen LogP contribution in [-0.2, 0) is 4.74 Å². The summed E-state index contributed by atoms with van der Waals surface area (Å²) in [5, 5.41) is 0. The van der Waals surface area contributed by atoms with Gasteiger partial charge in [-0.1, -0.05) is 48.0 Å². The lowest BCUT2D eigenvalue weighted by Crippen LogP contribution is -1.87. The zero-order chi connectivity index (χ0) is 13.4. The van der Waals surface area contributed by atoms with E-state index in [1.54, 1.807) is 21.3 Å². The van der Waals surface area contributed by atoms with Gasteiger partial charge in [-0.3, -0.25) is 0 Å². The van der Waals surface area contributed by atoms with E-state index in [0.29, 0.717) is 0 Å². The fourth-order valence-electron chi connectivity index (χ4n) is 1.70. The van der Waals surface area contributed by atoms with E-state index in [1.165, 1.54) is 11.1 Å². The van der Waals surface area contributed by atoms with Crippen LogP contribution in [0.5, 0.6) is 5.75 Å². The first-order chi connectivity index (χ1) is 8.72. The molecule has 0 aliphatic heterocycles. The molecule has 2 heteroatoms. The second-order valence-electron chi connectivity index (χ2n) is 3.98. The molecule has 0 aliphatic rings. The number of rotatable bonds is 2. The van der Waals surface area contributed by atoms with Crippen molar-refractivity contribution in [2.75, 3.05) is 21.3 Å². The van der Waals surface area contributed by atoms with E-state index in [-0.39, 0.29) is 0 Å². The average molecular weight is 244 g/mol. The van der Waals surface area contributed by atoms with Gasteiger partial charge in [-0.25, -0.2) is 0 Å². The molecule has 0 fully saturated rings. The van der Waals surface area contributed by atoms with Gasteiger partial charge in [-0.05, 0) is 18.6 Å². The van der Waals surface area contributed by atoms with E-state index in [9.17, 15) is 0 Å². The molecule has 2 nitrogen and oxygen atoms in total.